The lowest BCUT2D eigenvalue weighted by atomic mass is 10.0. The minimum absolute atomic E-state index is 0.597. The van der Waals surface area contributed by atoms with Gasteiger partial charge in [-0.3, -0.25) is 0 Å². The third kappa shape index (κ3) is 3.03. The van der Waals surface area contributed by atoms with E-state index in [0.717, 1.165) is 31.0 Å². The van der Waals surface area contributed by atoms with Crippen LogP contribution in [-0.4, -0.2) is 24.1 Å². The number of aromatic nitrogens is 1. The van der Waals surface area contributed by atoms with Gasteiger partial charge in [-0.25, -0.2) is 4.98 Å². The van der Waals surface area contributed by atoms with E-state index < -0.39 is 0 Å². The molecule has 1 aliphatic rings. The van der Waals surface area contributed by atoms with Crippen molar-refractivity contribution in [2.75, 3.05) is 18.0 Å². The van der Waals surface area contributed by atoms with E-state index in [1.807, 2.05) is 0 Å². The lowest BCUT2D eigenvalue weighted by molar-refractivity contribution is 0.481. The number of nitrogens with zero attached hydrogens (tertiary/aromatic N) is 2. The molecular weight excluding hydrogens is 258 g/mol. The number of nitrogens with one attached hydrogen (secondary N) is 1. The van der Waals surface area contributed by atoms with Crippen LogP contribution in [0.5, 0.6) is 0 Å². The molecule has 2 heterocycles. The molecule has 1 aromatic heterocycles. The van der Waals surface area contributed by atoms with Crippen LogP contribution in [0.3, 0.4) is 0 Å². The largest absolute Gasteiger partial charge is 0.354 e. The highest BCUT2D eigenvalue weighted by molar-refractivity contribution is 5.84. The summed E-state index contributed by atoms with van der Waals surface area (Å²) < 4.78 is 0. The number of anilines is 1. The zero-order valence-corrected chi connectivity index (χ0v) is 13.1. The third-order valence-electron chi connectivity index (χ3n) is 4.45. The monoisotopic (exact) mass is 283 g/mol. The van der Waals surface area contributed by atoms with Gasteiger partial charge in [0.25, 0.3) is 0 Å². The second kappa shape index (κ2) is 6.44. The van der Waals surface area contributed by atoms with E-state index in [4.69, 9.17) is 4.98 Å². The molecule has 0 bridgehead atoms. The van der Waals surface area contributed by atoms with E-state index >= 15 is 0 Å². The highest BCUT2D eigenvalue weighted by Crippen LogP contribution is 2.27. The first-order chi connectivity index (χ1) is 10.3. The molecule has 3 nitrogen and oxygen atoms in total. The standard InChI is InChI=1S/C18H25N3/c1-3-19-13-15-12-18(21-11-7-6-8-14(21)2)20-17-10-5-4-9-16(15)17/h4-5,9-10,12,14,19H,3,6-8,11,13H2,1-2H3. The Balaban J connectivity index is 2.02. The van der Waals surface area contributed by atoms with Crippen molar-refractivity contribution >= 4 is 16.7 Å². The molecule has 21 heavy (non-hydrogen) atoms. The van der Waals surface area contributed by atoms with Crippen LogP contribution in [0.4, 0.5) is 5.82 Å². The Morgan fingerprint density at radius 1 is 1.29 bits per heavy atom. The van der Waals surface area contributed by atoms with Gasteiger partial charge in [0, 0.05) is 24.5 Å². The van der Waals surface area contributed by atoms with Crippen LogP contribution in [0.15, 0.2) is 30.3 Å². The highest BCUT2D eigenvalue weighted by Gasteiger charge is 2.20. The normalized spacial score (nSPS) is 19.1. The van der Waals surface area contributed by atoms with Crippen LogP contribution in [0, 0.1) is 0 Å². The van der Waals surface area contributed by atoms with Crippen molar-refractivity contribution in [3.05, 3.63) is 35.9 Å². The second-order valence-electron chi connectivity index (χ2n) is 5.98. The van der Waals surface area contributed by atoms with E-state index in [0.29, 0.717) is 6.04 Å². The smallest absolute Gasteiger partial charge is 0.129 e. The number of para-hydroxylation sites is 1. The summed E-state index contributed by atoms with van der Waals surface area (Å²) in [6.45, 7) is 7.50. The summed E-state index contributed by atoms with van der Waals surface area (Å²) in [5, 5.41) is 4.72. The SMILES string of the molecule is CCNCc1cc(N2CCCCC2C)nc2ccccc12. The lowest BCUT2D eigenvalue weighted by Crippen LogP contribution is -2.38. The third-order valence-corrected chi connectivity index (χ3v) is 4.45. The molecule has 1 saturated heterocycles. The van der Waals surface area contributed by atoms with Gasteiger partial charge in [0.1, 0.15) is 5.82 Å². The van der Waals surface area contributed by atoms with Gasteiger partial charge in [-0.2, -0.15) is 0 Å². The molecule has 0 spiro atoms. The van der Waals surface area contributed by atoms with Gasteiger partial charge in [0.2, 0.25) is 0 Å². The zero-order chi connectivity index (χ0) is 14.7. The lowest BCUT2D eigenvalue weighted by Gasteiger charge is -2.34. The van der Waals surface area contributed by atoms with Crippen LogP contribution >= 0.6 is 0 Å². The van der Waals surface area contributed by atoms with Crippen molar-refractivity contribution in [2.45, 2.75) is 45.7 Å². The molecule has 0 saturated carbocycles. The summed E-state index contributed by atoms with van der Waals surface area (Å²) in [6, 6.07) is 11.4. The average Bonchev–Trinajstić information content (AvgIpc) is 2.53. The maximum absolute atomic E-state index is 4.92. The maximum atomic E-state index is 4.92. The predicted octanol–water partition coefficient (Wildman–Crippen LogP) is 3.72. The van der Waals surface area contributed by atoms with Crippen LogP contribution in [0.1, 0.15) is 38.7 Å². The predicted molar refractivity (Wildman–Crippen MR) is 89.8 cm³/mol. The number of benzene rings is 1. The van der Waals surface area contributed by atoms with Crippen LogP contribution in [-0.2, 0) is 6.54 Å². The molecule has 3 rings (SSSR count). The van der Waals surface area contributed by atoms with Crippen LogP contribution < -0.4 is 10.2 Å². The fraction of sp³-hybridized carbons (Fsp3) is 0.500. The minimum atomic E-state index is 0.597. The van der Waals surface area contributed by atoms with Gasteiger partial charge >= 0.3 is 0 Å². The molecule has 1 unspecified atom stereocenters. The Bertz CT molecular complexity index is 608. The Hall–Kier alpha value is -1.61. The first kappa shape index (κ1) is 14.3. The molecule has 2 aromatic rings. The van der Waals surface area contributed by atoms with Gasteiger partial charge in [-0.1, -0.05) is 25.1 Å². The molecule has 0 amide bonds. The summed E-state index contributed by atoms with van der Waals surface area (Å²) in [4.78, 5) is 7.39. The van der Waals surface area contributed by atoms with E-state index in [9.17, 15) is 0 Å². The number of hydrogen-bond donors (Lipinski definition) is 1. The summed E-state index contributed by atoms with van der Waals surface area (Å²) in [5.74, 6) is 1.15. The van der Waals surface area contributed by atoms with Crippen LogP contribution in [0.25, 0.3) is 10.9 Å². The van der Waals surface area contributed by atoms with E-state index in [2.05, 4.69) is 54.4 Å². The fourth-order valence-electron chi connectivity index (χ4n) is 3.22. The Kier molecular flexibility index (Phi) is 4.39. The molecule has 3 heteroatoms. The minimum Gasteiger partial charge on any atom is -0.354 e. The van der Waals surface area contributed by atoms with Gasteiger partial charge in [0.05, 0.1) is 5.52 Å². The Labute approximate surface area is 127 Å². The van der Waals surface area contributed by atoms with E-state index in [1.165, 1.54) is 30.2 Å². The topological polar surface area (TPSA) is 28.2 Å². The van der Waals surface area contributed by atoms with Gasteiger partial charge in [0.15, 0.2) is 0 Å². The molecule has 1 atom stereocenters. The number of fused-ring (bicyclic) bond motifs is 1. The fourth-order valence-corrected chi connectivity index (χ4v) is 3.22. The van der Waals surface area contributed by atoms with Crippen molar-refractivity contribution in [1.82, 2.24) is 10.3 Å². The second-order valence-corrected chi connectivity index (χ2v) is 5.98. The molecule has 112 valence electrons. The van der Waals surface area contributed by atoms with Crippen molar-refractivity contribution in [3.8, 4) is 0 Å². The number of rotatable bonds is 4. The quantitative estimate of drug-likeness (QED) is 0.927. The maximum Gasteiger partial charge on any atom is 0.129 e. The summed E-state index contributed by atoms with van der Waals surface area (Å²) in [7, 11) is 0. The van der Waals surface area contributed by atoms with E-state index in [1.54, 1.807) is 0 Å². The van der Waals surface area contributed by atoms with Crippen LogP contribution in [0.2, 0.25) is 0 Å². The highest BCUT2D eigenvalue weighted by atomic mass is 15.2. The molecular formula is C18H25N3. The first-order valence-corrected chi connectivity index (χ1v) is 8.15. The molecule has 1 fully saturated rings. The first-order valence-electron chi connectivity index (χ1n) is 8.15. The van der Waals surface area contributed by atoms with Crippen molar-refractivity contribution in [1.29, 1.82) is 0 Å². The molecule has 1 aromatic carbocycles. The molecule has 1 N–H and O–H groups in total. The zero-order valence-electron chi connectivity index (χ0n) is 13.1. The molecule has 1 aliphatic heterocycles. The van der Waals surface area contributed by atoms with Gasteiger partial charge in [-0.05, 0) is 50.4 Å². The van der Waals surface area contributed by atoms with Gasteiger partial charge in [-0.15, -0.1) is 0 Å². The van der Waals surface area contributed by atoms with Gasteiger partial charge < -0.3 is 10.2 Å². The van der Waals surface area contributed by atoms with Crippen molar-refractivity contribution in [3.63, 3.8) is 0 Å². The summed E-state index contributed by atoms with van der Waals surface area (Å²) in [6.07, 6.45) is 3.90. The average molecular weight is 283 g/mol. The van der Waals surface area contributed by atoms with Crippen molar-refractivity contribution in [2.24, 2.45) is 0 Å². The number of piperidine rings is 1. The molecule has 0 radical (unpaired) electrons. The van der Waals surface area contributed by atoms with Crippen molar-refractivity contribution < 1.29 is 0 Å². The molecule has 0 aliphatic carbocycles. The number of hydrogen-bond acceptors (Lipinski definition) is 3. The summed E-state index contributed by atoms with van der Waals surface area (Å²) >= 11 is 0. The number of pyridine rings is 1. The summed E-state index contributed by atoms with van der Waals surface area (Å²) in [5.41, 5.74) is 2.47. The Morgan fingerprint density at radius 3 is 2.95 bits per heavy atom. The van der Waals surface area contributed by atoms with E-state index in [-0.39, 0.29) is 0 Å². The Morgan fingerprint density at radius 2 is 2.14 bits per heavy atom.